The van der Waals surface area contributed by atoms with Gasteiger partial charge in [-0.3, -0.25) is 0 Å². The molecule has 5 nitrogen and oxygen atoms in total. The molecule has 0 fully saturated rings. The SMILES string of the molecule is COc1c(I)cnc(S(N)(=O)=O)c1C(F)F. The van der Waals surface area contributed by atoms with Crippen LogP contribution in [0.2, 0.25) is 0 Å². The molecule has 0 radical (unpaired) electrons. The summed E-state index contributed by atoms with van der Waals surface area (Å²) in [4.78, 5) is 3.40. The minimum absolute atomic E-state index is 0.227. The first kappa shape index (κ1) is 13.5. The molecule has 0 aromatic carbocycles. The third kappa shape index (κ3) is 2.58. The number of sulfonamides is 1. The monoisotopic (exact) mass is 364 g/mol. The highest BCUT2D eigenvalue weighted by atomic mass is 127. The maximum absolute atomic E-state index is 12.7. The molecule has 0 saturated heterocycles. The molecule has 1 aromatic heterocycles. The maximum atomic E-state index is 12.7. The summed E-state index contributed by atoms with van der Waals surface area (Å²) >= 11 is 1.71. The van der Waals surface area contributed by atoms with E-state index in [4.69, 9.17) is 9.88 Å². The van der Waals surface area contributed by atoms with E-state index in [0.29, 0.717) is 0 Å². The second kappa shape index (κ2) is 4.75. The van der Waals surface area contributed by atoms with Gasteiger partial charge in [-0.05, 0) is 22.6 Å². The van der Waals surface area contributed by atoms with Crippen LogP contribution in [0, 0.1) is 3.57 Å². The fourth-order valence-electron chi connectivity index (χ4n) is 1.10. The summed E-state index contributed by atoms with van der Waals surface area (Å²) < 4.78 is 52.6. The summed E-state index contributed by atoms with van der Waals surface area (Å²) in [6, 6.07) is 0. The predicted octanol–water partition coefficient (Wildman–Crippen LogP) is 1.28. The Labute approximate surface area is 104 Å². The summed E-state index contributed by atoms with van der Waals surface area (Å²) in [5.74, 6) is -0.227. The number of alkyl halides is 2. The molecule has 0 atom stereocenters. The fraction of sp³-hybridized carbons (Fsp3) is 0.286. The second-order valence-corrected chi connectivity index (χ2v) is 5.34. The van der Waals surface area contributed by atoms with Crippen LogP contribution in [0.5, 0.6) is 5.75 Å². The molecule has 0 aliphatic carbocycles. The minimum atomic E-state index is -4.30. The quantitative estimate of drug-likeness (QED) is 0.820. The number of methoxy groups -OCH3 is 1. The molecule has 1 aromatic rings. The van der Waals surface area contributed by atoms with Crippen LogP contribution >= 0.6 is 22.6 Å². The van der Waals surface area contributed by atoms with Gasteiger partial charge in [0.2, 0.25) is 0 Å². The Bertz CT molecular complexity index is 507. The average Bonchev–Trinajstić information content (AvgIpc) is 2.14. The molecule has 0 aliphatic rings. The Kier molecular flexibility index (Phi) is 4.02. The number of rotatable bonds is 3. The molecule has 2 N–H and O–H groups in total. The van der Waals surface area contributed by atoms with Gasteiger partial charge in [0.15, 0.2) is 5.03 Å². The summed E-state index contributed by atoms with van der Waals surface area (Å²) in [5, 5.41) is 3.93. The molecule has 0 saturated carbocycles. The summed E-state index contributed by atoms with van der Waals surface area (Å²) in [5.41, 5.74) is -0.808. The Morgan fingerprint density at radius 2 is 2.12 bits per heavy atom. The van der Waals surface area contributed by atoms with Crippen molar-refractivity contribution in [2.24, 2.45) is 5.14 Å². The summed E-state index contributed by atoms with van der Waals surface area (Å²) in [6.45, 7) is 0. The van der Waals surface area contributed by atoms with Gasteiger partial charge in [0.25, 0.3) is 16.4 Å². The number of ether oxygens (including phenoxy) is 1. The smallest absolute Gasteiger partial charge is 0.270 e. The van der Waals surface area contributed by atoms with Crippen molar-refractivity contribution in [1.82, 2.24) is 4.98 Å². The van der Waals surface area contributed by atoms with Gasteiger partial charge in [-0.1, -0.05) is 0 Å². The Morgan fingerprint density at radius 3 is 2.50 bits per heavy atom. The van der Waals surface area contributed by atoms with Gasteiger partial charge in [-0.25, -0.2) is 27.3 Å². The van der Waals surface area contributed by atoms with E-state index in [9.17, 15) is 17.2 Å². The Hall–Kier alpha value is -0.550. The van der Waals surface area contributed by atoms with Gasteiger partial charge >= 0.3 is 0 Å². The molecule has 16 heavy (non-hydrogen) atoms. The van der Waals surface area contributed by atoms with Crippen LogP contribution in [0.1, 0.15) is 12.0 Å². The molecule has 0 bridgehead atoms. The zero-order chi connectivity index (χ0) is 12.5. The third-order valence-corrected chi connectivity index (χ3v) is 3.31. The lowest BCUT2D eigenvalue weighted by Gasteiger charge is -2.12. The number of nitrogens with two attached hydrogens (primary N) is 1. The lowest BCUT2D eigenvalue weighted by Crippen LogP contribution is -2.17. The predicted molar refractivity (Wildman–Crippen MR) is 59.8 cm³/mol. The van der Waals surface area contributed by atoms with Crippen LogP contribution in [0.4, 0.5) is 8.78 Å². The summed E-state index contributed by atoms with van der Waals surface area (Å²) in [7, 11) is -3.14. The second-order valence-electron chi connectivity index (χ2n) is 2.70. The van der Waals surface area contributed by atoms with Gasteiger partial charge in [0, 0.05) is 6.20 Å². The van der Waals surface area contributed by atoms with E-state index in [1.807, 2.05) is 0 Å². The number of aromatic nitrogens is 1. The standard InChI is InChI=1S/C7H7F2IN2O3S/c1-15-5-3(10)2-12-7(16(11,13)14)4(5)6(8)9/h2,6H,1H3,(H2,11,13,14). The first-order valence-corrected chi connectivity index (χ1v) is 6.45. The number of halogens is 3. The molecular formula is C7H7F2IN2O3S. The first-order chi connectivity index (χ1) is 7.29. The normalized spacial score (nSPS) is 11.9. The van der Waals surface area contributed by atoms with Crippen molar-refractivity contribution in [2.75, 3.05) is 7.11 Å². The third-order valence-electron chi connectivity index (χ3n) is 1.68. The van der Waals surface area contributed by atoms with Gasteiger partial charge in [-0.15, -0.1) is 0 Å². The van der Waals surface area contributed by atoms with Crippen LogP contribution < -0.4 is 9.88 Å². The molecule has 0 unspecified atom stereocenters. The van der Waals surface area contributed by atoms with Gasteiger partial charge in [0.05, 0.1) is 16.2 Å². The number of pyridine rings is 1. The largest absolute Gasteiger partial charge is 0.495 e. The number of primary sulfonamides is 1. The minimum Gasteiger partial charge on any atom is -0.495 e. The van der Waals surface area contributed by atoms with E-state index in [0.717, 1.165) is 13.3 Å². The van der Waals surface area contributed by atoms with Crippen molar-refractivity contribution in [3.63, 3.8) is 0 Å². The van der Waals surface area contributed by atoms with Crippen molar-refractivity contribution in [3.8, 4) is 5.75 Å². The van der Waals surface area contributed by atoms with Gasteiger partial charge < -0.3 is 4.74 Å². The first-order valence-electron chi connectivity index (χ1n) is 3.82. The topological polar surface area (TPSA) is 82.3 Å². The van der Waals surface area contributed by atoms with Crippen molar-refractivity contribution < 1.29 is 21.9 Å². The molecule has 1 heterocycles. The van der Waals surface area contributed by atoms with E-state index in [1.165, 1.54) is 0 Å². The lowest BCUT2D eigenvalue weighted by atomic mass is 10.2. The van der Waals surface area contributed by atoms with Crippen LogP contribution in [0.25, 0.3) is 0 Å². The lowest BCUT2D eigenvalue weighted by molar-refractivity contribution is 0.142. The van der Waals surface area contributed by atoms with E-state index < -0.39 is 27.0 Å². The molecule has 1 rings (SSSR count). The van der Waals surface area contributed by atoms with Gasteiger partial charge in [-0.2, -0.15) is 0 Å². The number of hydrogen-bond acceptors (Lipinski definition) is 4. The molecular weight excluding hydrogens is 357 g/mol. The average molecular weight is 364 g/mol. The maximum Gasteiger partial charge on any atom is 0.270 e. The highest BCUT2D eigenvalue weighted by molar-refractivity contribution is 14.1. The highest BCUT2D eigenvalue weighted by Crippen LogP contribution is 2.35. The van der Waals surface area contributed by atoms with Crippen molar-refractivity contribution in [3.05, 3.63) is 15.3 Å². The molecule has 0 aliphatic heterocycles. The fourth-order valence-corrected chi connectivity index (χ4v) is 2.43. The van der Waals surface area contributed by atoms with E-state index in [1.54, 1.807) is 22.6 Å². The van der Waals surface area contributed by atoms with E-state index in [2.05, 4.69) is 4.98 Å². The molecule has 0 spiro atoms. The molecule has 90 valence electrons. The Morgan fingerprint density at radius 1 is 1.56 bits per heavy atom. The van der Waals surface area contributed by atoms with Crippen LogP contribution in [-0.4, -0.2) is 20.5 Å². The zero-order valence-corrected chi connectivity index (χ0v) is 10.9. The van der Waals surface area contributed by atoms with E-state index >= 15 is 0 Å². The van der Waals surface area contributed by atoms with Gasteiger partial charge in [0.1, 0.15) is 5.75 Å². The van der Waals surface area contributed by atoms with Crippen molar-refractivity contribution in [1.29, 1.82) is 0 Å². The zero-order valence-electron chi connectivity index (χ0n) is 7.95. The highest BCUT2D eigenvalue weighted by Gasteiger charge is 2.28. The molecule has 0 amide bonds. The molecule has 9 heteroatoms. The van der Waals surface area contributed by atoms with Crippen LogP contribution in [0.3, 0.4) is 0 Å². The van der Waals surface area contributed by atoms with Crippen LogP contribution in [-0.2, 0) is 10.0 Å². The van der Waals surface area contributed by atoms with Crippen LogP contribution in [0.15, 0.2) is 11.2 Å². The Balaban J connectivity index is 3.65. The number of nitrogens with zero attached hydrogens (tertiary/aromatic N) is 1. The van der Waals surface area contributed by atoms with E-state index in [-0.39, 0.29) is 9.32 Å². The number of hydrogen-bond donors (Lipinski definition) is 1. The van der Waals surface area contributed by atoms with Crippen molar-refractivity contribution in [2.45, 2.75) is 11.5 Å². The summed E-state index contributed by atoms with van der Waals surface area (Å²) in [6.07, 6.45) is -1.93. The van der Waals surface area contributed by atoms with Crippen molar-refractivity contribution >= 4 is 32.6 Å².